The fourth-order valence-electron chi connectivity index (χ4n) is 2.12. The van der Waals surface area contributed by atoms with E-state index >= 15 is 0 Å². The van der Waals surface area contributed by atoms with E-state index in [-0.39, 0.29) is 18.6 Å². The fraction of sp³-hybridized carbons (Fsp3) is 0.929. The first-order valence-electron chi connectivity index (χ1n) is 7.01. The number of aliphatic hydroxyl groups is 1. The summed E-state index contributed by atoms with van der Waals surface area (Å²) in [4.78, 5) is 14.4. The maximum Gasteiger partial charge on any atom is 0.230 e. The van der Waals surface area contributed by atoms with Crippen molar-refractivity contribution in [1.82, 2.24) is 4.90 Å². The van der Waals surface area contributed by atoms with Crippen LogP contribution in [0.4, 0.5) is 0 Å². The van der Waals surface area contributed by atoms with Gasteiger partial charge in [0.1, 0.15) is 0 Å². The van der Waals surface area contributed by atoms with E-state index in [9.17, 15) is 4.79 Å². The van der Waals surface area contributed by atoms with Crippen molar-refractivity contribution in [3.8, 4) is 0 Å². The third kappa shape index (κ3) is 3.91. The molecular weight excluding hydrogens is 244 g/mol. The smallest absolute Gasteiger partial charge is 0.230 e. The zero-order valence-corrected chi connectivity index (χ0v) is 12.6. The Hall–Kier alpha value is -0.650. The summed E-state index contributed by atoms with van der Waals surface area (Å²) in [6.45, 7) is 9.42. The highest BCUT2D eigenvalue weighted by Gasteiger charge is 2.43. The average Bonchev–Trinajstić information content (AvgIpc) is 2.34. The first kappa shape index (κ1) is 16.4. The number of ether oxygens (including phenoxy) is 1. The van der Waals surface area contributed by atoms with Crippen LogP contribution in [0.2, 0.25) is 0 Å². The Kier molecular flexibility index (Phi) is 5.35. The van der Waals surface area contributed by atoms with E-state index in [1.807, 2.05) is 32.6 Å². The van der Waals surface area contributed by atoms with E-state index in [0.717, 1.165) is 12.8 Å². The van der Waals surface area contributed by atoms with Gasteiger partial charge in [-0.2, -0.15) is 0 Å². The fourth-order valence-corrected chi connectivity index (χ4v) is 2.12. The molecular formula is C14H28N2O3. The summed E-state index contributed by atoms with van der Waals surface area (Å²) < 4.78 is 5.50. The molecule has 19 heavy (non-hydrogen) atoms. The molecule has 0 aromatic heterocycles. The van der Waals surface area contributed by atoms with Crippen LogP contribution < -0.4 is 5.73 Å². The number of likely N-dealkylation sites (tertiary alicyclic amines) is 1. The highest BCUT2D eigenvalue weighted by Crippen LogP contribution is 2.31. The van der Waals surface area contributed by atoms with E-state index < -0.39 is 11.0 Å². The van der Waals surface area contributed by atoms with Crippen molar-refractivity contribution in [2.24, 2.45) is 11.1 Å². The van der Waals surface area contributed by atoms with Crippen LogP contribution in [0.3, 0.4) is 0 Å². The lowest BCUT2D eigenvalue weighted by Gasteiger charge is -2.42. The highest BCUT2D eigenvalue weighted by molar-refractivity contribution is 5.83. The molecule has 0 atom stereocenters. The Labute approximate surface area is 116 Å². The monoisotopic (exact) mass is 272 g/mol. The quantitative estimate of drug-likeness (QED) is 0.774. The zero-order chi connectivity index (χ0) is 14.7. The molecule has 0 saturated carbocycles. The van der Waals surface area contributed by atoms with E-state index in [1.165, 1.54) is 0 Å². The molecule has 1 rings (SSSR count). The molecule has 1 aliphatic rings. The van der Waals surface area contributed by atoms with Gasteiger partial charge in [-0.25, -0.2) is 0 Å². The van der Waals surface area contributed by atoms with Gasteiger partial charge in [-0.15, -0.1) is 0 Å². The molecule has 0 unspecified atom stereocenters. The molecule has 0 aromatic carbocycles. The summed E-state index contributed by atoms with van der Waals surface area (Å²) in [6.07, 6.45) is 1.81. The summed E-state index contributed by atoms with van der Waals surface area (Å²) in [5.74, 6) is 0.112. The maximum absolute atomic E-state index is 12.6. The summed E-state index contributed by atoms with van der Waals surface area (Å²) in [5.41, 5.74) is 4.99. The van der Waals surface area contributed by atoms with Gasteiger partial charge >= 0.3 is 0 Å². The minimum atomic E-state index is -0.578. The van der Waals surface area contributed by atoms with Gasteiger partial charge in [0.15, 0.2) is 0 Å². The molecule has 1 aliphatic heterocycles. The third-order valence-electron chi connectivity index (χ3n) is 4.32. The number of nitrogens with zero attached hydrogens (tertiary/aromatic N) is 1. The van der Waals surface area contributed by atoms with E-state index in [1.54, 1.807) is 0 Å². The molecule has 0 aromatic rings. The van der Waals surface area contributed by atoms with Crippen LogP contribution in [0.25, 0.3) is 0 Å². The lowest BCUT2D eigenvalue weighted by molar-refractivity contribution is -0.146. The first-order valence-corrected chi connectivity index (χ1v) is 7.01. The number of carbonyl (C=O) groups excluding carboxylic acids is 1. The van der Waals surface area contributed by atoms with Gasteiger partial charge < -0.3 is 20.5 Å². The predicted octanol–water partition coefficient (Wildman–Crippen LogP) is 0.750. The summed E-state index contributed by atoms with van der Waals surface area (Å²) in [7, 11) is 0. The largest absolute Gasteiger partial charge is 0.394 e. The number of hydrogen-bond donors (Lipinski definition) is 2. The van der Waals surface area contributed by atoms with Crippen LogP contribution in [0.15, 0.2) is 0 Å². The van der Waals surface area contributed by atoms with E-state index in [4.69, 9.17) is 15.6 Å². The lowest BCUT2D eigenvalue weighted by atomic mass is 9.74. The number of aliphatic hydroxyl groups excluding tert-OH is 1. The maximum atomic E-state index is 12.6. The molecule has 1 amide bonds. The molecule has 1 heterocycles. The van der Waals surface area contributed by atoms with Crippen molar-refractivity contribution in [3.63, 3.8) is 0 Å². The number of rotatable bonds is 5. The first-order chi connectivity index (χ1) is 8.70. The number of carbonyl (C=O) groups is 1. The highest BCUT2D eigenvalue weighted by atomic mass is 16.5. The standard InChI is InChI=1S/C14H28N2O3/c1-13(2,14(3,4)15)12(18)16-7-5-11(6-8-16)19-10-9-17/h11,17H,5-10,15H2,1-4H3. The molecule has 0 spiro atoms. The van der Waals surface area contributed by atoms with Gasteiger partial charge in [0.2, 0.25) is 5.91 Å². The van der Waals surface area contributed by atoms with Gasteiger partial charge in [-0.05, 0) is 40.5 Å². The minimum Gasteiger partial charge on any atom is -0.394 e. The van der Waals surface area contributed by atoms with Crippen molar-refractivity contribution in [2.45, 2.75) is 52.2 Å². The number of nitrogens with two attached hydrogens (primary N) is 1. The molecule has 5 heteroatoms. The van der Waals surface area contributed by atoms with Crippen molar-refractivity contribution in [1.29, 1.82) is 0 Å². The molecule has 0 radical (unpaired) electrons. The Morgan fingerprint density at radius 2 is 1.84 bits per heavy atom. The average molecular weight is 272 g/mol. The number of hydrogen-bond acceptors (Lipinski definition) is 4. The minimum absolute atomic E-state index is 0.0491. The van der Waals surface area contributed by atoms with Crippen LogP contribution in [-0.2, 0) is 9.53 Å². The topological polar surface area (TPSA) is 75.8 Å². The Morgan fingerprint density at radius 1 is 1.32 bits per heavy atom. The molecule has 5 nitrogen and oxygen atoms in total. The van der Waals surface area contributed by atoms with Crippen molar-refractivity contribution in [2.75, 3.05) is 26.3 Å². The number of piperidine rings is 1. The zero-order valence-electron chi connectivity index (χ0n) is 12.6. The van der Waals surface area contributed by atoms with E-state index in [0.29, 0.717) is 19.7 Å². The van der Waals surface area contributed by atoms with Crippen LogP contribution in [0, 0.1) is 5.41 Å². The van der Waals surface area contributed by atoms with Gasteiger partial charge in [-0.1, -0.05) is 0 Å². The van der Waals surface area contributed by atoms with Crippen LogP contribution >= 0.6 is 0 Å². The van der Waals surface area contributed by atoms with Crippen LogP contribution in [0.1, 0.15) is 40.5 Å². The Bertz CT molecular complexity index is 302. The molecule has 0 bridgehead atoms. The Balaban J connectivity index is 2.54. The van der Waals surface area contributed by atoms with Crippen molar-refractivity contribution in [3.05, 3.63) is 0 Å². The normalized spacial score (nSPS) is 18.7. The summed E-state index contributed by atoms with van der Waals surface area (Å²) >= 11 is 0. The molecule has 3 N–H and O–H groups in total. The second kappa shape index (κ2) is 6.20. The van der Waals surface area contributed by atoms with Gasteiger partial charge in [0.25, 0.3) is 0 Å². The third-order valence-corrected chi connectivity index (χ3v) is 4.32. The second-order valence-electron chi connectivity index (χ2n) is 6.43. The van der Waals surface area contributed by atoms with Crippen LogP contribution in [-0.4, -0.2) is 53.9 Å². The molecule has 1 saturated heterocycles. The summed E-state index contributed by atoms with van der Waals surface area (Å²) in [5, 5.41) is 8.73. The second-order valence-corrected chi connectivity index (χ2v) is 6.43. The van der Waals surface area contributed by atoms with Gasteiger partial charge in [0, 0.05) is 18.6 Å². The van der Waals surface area contributed by atoms with Gasteiger partial charge in [-0.3, -0.25) is 4.79 Å². The van der Waals surface area contributed by atoms with E-state index in [2.05, 4.69) is 0 Å². The van der Waals surface area contributed by atoms with Crippen molar-refractivity contribution >= 4 is 5.91 Å². The van der Waals surface area contributed by atoms with Crippen LogP contribution in [0.5, 0.6) is 0 Å². The lowest BCUT2D eigenvalue weighted by Crippen LogP contribution is -2.57. The number of amides is 1. The molecule has 1 fully saturated rings. The van der Waals surface area contributed by atoms with Gasteiger partial charge in [0.05, 0.1) is 24.7 Å². The molecule has 0 aliphatic carbocycles. The van der Waals surface area contributed by atoms with Crippen molar-refractivity contribution < 1.29 is 14.6 Å². The summed E-state index contributed by atoms with van der Waals surface area (Å²) in [6, 6.07) is 0. The molecule has 112 valence electrons. The predicted molar refractivity (Wildman–Crippen MR) is 74.7 cm³/mol. The Morgan fingerprint density at radius 3 is 2.26 bits per heavy atom. The SMILES string of the molecule is CC(C)(N)C(C)(C)C(=O)N1CCC(OCCO)CC1.